The lowest BCUT2D eigenvalue weighted by Gasteiger charge is -2.41. The van der Waals surface area contributed by atoms with Crippen molar-refractivity contribution in [1.29, 1.82) is 0 Å². The smallest absolute Gasteiger partial charge is 0.309 e. The number of nitrogens with zero attached hydrogens (tertiary/aromatic N) is 1. The maximum atomic E-state index is 12.8. The van der Waals surface area contributed by atoms with Gasteiger partial charge in [0.05, 0.1) is 11.6 Å². The number of rotatable bonds is 5. The average Bonchev–Trinajstić information content (AvgIpc) is 2.35. The van der Waals surface area contributed by atoms with Gasteiger partial charge >= 0.3 is 6.18 Å². The predicted molar refractivity (Wildman–Crippen MR) is 80.4 cm³/mol. The standard InChI is InChI=1S/C16H25F3N2/c1-7-20-14(15(3,4)21(5)6)13-9-8-12(10-11(13)2)16(17,18)19/h8-10,14,20H,7H2,1-6H3. The van der Waals surface area contributed by atoms with E-state index in [1.54, 1.807) is 13.0 Å². The molecule has 0 amide bonds. The fourth-order valence-corrected chi connectivity index (χ4v) is 2.38. The Morgan fingerprint density at radius 1 is 1.19 bits per heavy atom. The molecule has 0 aliphatic rings. The molecule has 0 spiro atoms. The van der Waals surface area contributed by atoms with Crippen LogP contribution < -0.4 is 5.32 Å². The highest BCUT2D eigenvalue weighted by molar-refractivity contribution is 5.36. The van der Waals surface area contributed by atoms with Gasteiger partial charge in [-0.05, 0) is 64.7 Å². The van der Waals surface area contributed by atoms with Gasteiger partial charge in [0.2, 0.25) is 0 Å². The Morgan fingerprint density at radius 2 is 1.76 bits per heavy atom. The van der Waals surface area contributed by atoms with Crippen LogP contribution in [0.25, 0.3) is 0 Å². The second-order valence-corrected chi connectivity index (χ2v) is 6.11. The molecule has 0 aliphatic carbocycles. The molecule has 21 heavy (non-hydrogen) atoms. The number of hydrogen-bond acceptors (Lipinski definition) is 2. The zero-order chi connectivity index (χ0) is 16.4. The maximum Gasteiger partial charge on any atom is 0.416 e. The van der Waals surface area contributed by atoms with Gasteiger partial charge in [0, 0.05) is 5.54 Å². The fourth-order valence-electron chi connectivity index (χ4n) is 2.38. The molecule has 1 unspecified atom stereocenters. The number of halogens is 3. The number of benzene rings is 1. The zero-order valence-electron chi connectivity index (χ0n) is 13.6. The Morgan fingerprint density at radius 3 is 2.14 bits per heavy atom. The van der Waals surface area contributed by atoms with E-state index in [0.29, 0.717) is 5.56 Å². The molecule has 1 atom stereocenters. The molecule has 0 fully saturated rings. The van der Waals surface area contributed by atoms with Crippen molar-refractivity contribution in [3.63, 3.8) is 0 Å². The minimum Gasteiger partial charge on any atom is -0.309 e. The van der Waals surface area contributed by atoms with Crippen molar-refractivity contribution in [2.24, 2.45) is 0 Å². The van der Waals surface area contributed by atoms with Gasteiger partial charge in [-0.3, -0.25) is 0 Å². The molecular formula is C16H25F3N2. The molecule has 0 saturated carbocycles. The molecule has 0 saturated heterocycles. The third-order valence-corrected chi connectivity index (χ3v) is 4.18. The first-order chi connectivity index (χ1) is 9.51. The van der Waals surface area contributed by atoms with Gasteiger partial charge in [-0.1, -0.05) is 13.0 Å². The SMILES string of the molecule is CCNC(c1ccc(C(F)(F)F)cc1C)C(C)(C)N(C)C. The molecule has 1 aromatic rings. The molecule has 0 aliphatic heterocycles. The highest BCUT2D eigenvalue weighted by Gasteiger charge is 2.35. The first-order valence-corrected chi connectivity index (χ1v) is 7.10. The molecule has 0 bridgehead atoms. The lowest BCUT2D eigenvalue weighted by atomic mass is 9.85. The molecule has 0 heterocycles. The van der Waals surface area contributed by atoms with Gasteiger partial charge in [0.15, 0.2) is 0 Å². The van der Waals surface area contributed by atoms with E-state index in [-0.39, 0.29) is 11.6 Å². The van der Waals surface area contributed by atoms with Gasteiger partial charge in [0.1, 0.15) is 0 Å². The van der Waals surface area contributed by atoms with E-state index in [0.717, 1.165) is 12.1 Å². The highest BCUT2D eigenvalue weighted by Crippen LogP contribution is 2.35. The van der Waals surface area contributed by atoms with Crippen LogP contribution in [0.2, 0.25) is 0 Å². The van der Waals surface area contributed by atoms with Crippen LogP contribution in [0.5, 0.6) is 0 Å². The average molecular weight is 302 g/mol. The van der Waals surface area contributed by atoms with Crippen LogP contribution in [0.4, 0.5) is 13.2 Å². The quantitative estimate of drug-likeness (QED) is 0.884. The molecule has 5 heteroatoms. The summed E-state index contributed by atoms with van der Waals surface area (Å²) in [7, 11) is 3.95. The minimum absolute atomic E-state index is 0.0419. The van der Waals surface area contributed by atoms with Crippen molar-refractivity contribution in [3.8, 4) is 0 Å². The Kier molecular flexibility index (Phi) is 5.45. The molecule has 120 valence electrons. The van der Waals surface area contributed by atoms with E-state index in [9.17, 15) is 13.2 Å². The summed E-state index contributed by atoms with van der Waals surface area (Å²) in [5.74, 6) is 0. The summed E-state index contributed by atoms with van der Waals surface area (Å²) < 4.78 is 38.4. The first kappa shape index (κ1) is 18.0. The van der Waals surface area contributed by atoms with E-state index in [4.69, 9.17) is 0 Å². The summed E-state index contributed by atoms with van der Waals surface area (Å²) in [5.41, 5.74) is 0.747. The molecule has 0 radical (unpaired) electrons. The molecular weight excluding hydrogens is 277 g/mol. The number of nitrogens with one attached hydrogen (secondary N) is 1. The lowest BCUT2D eigenvalue weighted by molar-refractivity contribution is -0.137. The molecule has 0 aromatic heterocycles. The van der Waals surface area contributed by atoms with E-state index in [1.165, 1.54) is 12.1 Å². The van der Waals surface area contributed by atoms with Crippen molar-refractivity contribution in [1.82, 2.24) is 10.2 Å². The largest absolute Gasteiger partial charge is 0.416 e. The van der Waals surface area contributed by atoms with Crippen LogP contribution in [0, 0.1) is 6.92 Å². The Balaban J connectivity index is 3.28. The summed E-state index contributed by atoms with van der Waals surface area (Å²) in [4.78, 5) is 2.08. The van der Waals surface area contributed by atoms with Crippen molar-refractivity contribution < 1.29 is 13.2 Å². The van der Waals surface area contributed by atoms with E-state index < -0.39 is 11.7 Å². The van der Waals surface area contributed by atoms with Crippen LogP contribution in [0.1, 0.15) is 43.5 Å². The van der Waals surface area contributed by atoms with E-state index in [1.807, 2.05) is 21.0 Å². The molecule has 1 rings (SSSR count). The Labute approximate surface area is 125 Å². The van der Waals surface area contributed by atoms with Crippen molar-refractivity contribution >= 4 is 0 Å². The molecule has 2 nitrogen and oxygen atoms in total. The van der Waals surface area contributed by atoms with Crippen LogP contribution in [0.3, 0.4) is 0 Å². The lowest BCUT2D eigenvalue weighted by Crippen LogP contribution is -2.49. The van der Waals surface area contributed by atoms with Crippen molar-refractivity contribution in [2.75, 3.05) is 20.6 Å². The maximum absolute atomic E-state index is 12.8. The fraction of sp³-hybridized carbons (Fsp3) is 0.625. The summed E-state index contributed by atoms with van der Waals surface area (Å²) in [5, 5.41) is 3.40. The van der Waals surface area contributed by atoms with Gasteiger partial charge in [-0.2, -0.15) is 13.2 Å². The number of aryl methyl sites for hydroxylation is 1. The summed E-state index contributed by atoms with van der Waals surface area (Å²) >= 11 is 0. The monoisotopic (exact) mass is 302 g/mol. The van der Waals surface area contributed by atoms with Gasteiger partial charge < -0.3 is 10.2 Å². The second-order valence-electron chi connectivity index (χ2n) is 6.11. The van der Waals surface area contributed by atoms with Crippen LogP contribution in [-0.2, 0) is 6.18 Å². The van der Waals surface area contributed by atoms with Crippen LogP contribution in [-0.4, -0.2) is 31.1 Å². The normalized spacial score (nSPS) is 14.6. The summed E-state index contributed by atoms with van der Waals surface area (Å²) in [6.07, 6.45) is -4.30. The third kappa shape index (κ3) is 3.98. The Hall–Kier alpha value is -1.07. The molecule has 1 aromatic carbocycles. The van der Waals surface area contributed by atoms with Crippen LogP contribution >= 0.6 is 0 Å². The van der Waals surface area contributed by atoms with Gasteiger partial charge in [-0.15, -0.1) is 0 Å². The van der Waals surface area contributed by atoms with Crippen molar-refractivity contribution in [3.05, 3.63) is 34.9 Å². The van der Waals surface area contributed by atoms with Gasteiger partial charge in [-0.25, -0.2) is 0 Å². The second kappa shape index (κ2) is 6.36. The summed E-state index contributed by atoms with van der Waals surface area (Å²) in [6.45, 7) is 8.65. The third-order valence-electron chi connectivity index (χ3n) is 4.18. The van der Waals surface area contributed by atoms with E-state index >= 15 is 0 Å². The number of alkyl halides is 3. The molecule has 1 N–H and O–H groups in total. The van der Waals surface area contributed by atoms with Crippen molar-refractivity contribution in [2.45, 2.75) is 45.5 Å². The first-order valence-electron chi connectivity index (χ1n) is 7.10. The zero-order valence-corrected chi connectivity index (χ0v) is 13.6. The summed E-state index contributed by atoms with van der Waals surface area (Å²) in [6, 6.07) is 3.94. The predicted octanol–water partition coefficient (Wildman–Crippen LogP) is 4.00. The number of likely N-dealkylation sites (N-methyl/N-ethyl adjacent to an activating group) is 2. The topological polar surface area (TPSA) is 15.3 Å². The van der Waals surface area contributed by atoms with Gasteiger partial charge in [0.25, 0.3) is 0 Å². The Bertz CT molecular complexity index is 479. The minimum atomic E-state index is -4.30. The highest BCUT2D eigenvalue weighted by atomic mass is 19.4. The number of hydrogen-bond donors (Lipinski definition) is 1. The van der Waals surface area contributed by atoms with E-state index in [2.05, 4.69) is 24.1 Å². The van der Waals surface area contributed by atoms with Crippen LogP contribution in [0.15, 0.2) is 18.2 Å².